The standard InChI is InChI=1S/C15H25N5O4/c21-13-11(2-1-3-17-13)18-14(22)12-10-20(5-4-16-12)15(23)19-6-8-24-9-7-19/h11-12,16H,1-10H2,(H,17,21)(H,18,22)/t11-,12+/m0/s1. The number of urea groups is 1. The molecule has 0 aromatic rings. The Bertz CT molecular complexity index is 494. The van der Waals surface area contributed by atoms with Crippen molar-refractivity contribution in [2.75, 3.05) is 52.5 Å². The van der Waals surface area contributed by atoms with E-state index in [-0.39, 0.29) is 17.8 Å². The molecule has 134 valence electrons. The van der Waals surface area contributed by atoms with Crippen molar-refractivity contribution in [1.82, 2.24) is 25.8 Å². The zero-order valence-corrected chi connectivity index (χ0v) is 13.8. The lowest BCUT2D eigenvalue weighted by molar-refractivity contribution is -0.131. The smallest absolute Gasteiger partial charge is 0.320 e. The number of rotatable bonds is 2. The molecular weight excluding hydrogens is 314 g/mol. The summed E-state index contributed by atoms with van der Waals surface area (Å²) in [5, 5.41) is 8.68. The average molecular weight is 339 g/mol. The molecule has 0 spiro atoms. The molecule has 0 unspecified atom stereocenters. The summed E-state index contributed by atoms with van der Waals surface area (Å²) in [5.74, 6) is -0.358. The van der Waals surface area contributed by atoms with Gasteiger partial charge >= 0.3 is 6.03 Å². The minimum atomic E-state index is -0.488. The second-order valence-corrected chi connectivity index (χ2v) is 6.33. The Kier molecular flexibility index (Phi) is 5.52. The largest absolute Gasteiger partial charge is 0.378 e. The van der Waals surface area contributed by atoms with Crippen molar-refractivity contribution < 1.29 is 19.1 Å². The molecule has 4 amide bonds. The quantitative estimate of drug-likeness (QED) is 0.546. The monoisotopic (exact) mass is 339 g/mol. The molecule has 0 saturated carbocycles. The van der Waals surface area contributed by atoms with Crippen molar-refractivity contribution in [3.8, 4) is 0 Å². The van der Waals surface area contributed by atoms with Crippen LogP contribution in [0.4, 0.5) is 4.79 Å². The summed E-state index contributed by atoms with van der Waals surface area (Å²) < 4.78 is 5.26. The third-order valence-corrected chi connectivity index (χ3v) is 4.65. The van der Waals surface area contributed by atoms with Crippen LogP contribution in [-0.2, 0) is 14.3 Å². The first-order valence-electron chi connectivity index (χ1n) is 8.58. The van der Waals surface area contributed by atoms with E-state index in [4.69, 9.17) is 4.74 Å². The first-order valence-corrected chi connectivity index (χ1v) is 8.58. The molecule has 3 rings (SSSR count). The van der Waals surface area contributed by atoms with Crippen LogP contribution in [0.1, 0.15) is 12.8 Å². The van der Waals surface area contributed by atoms with Gasteiger partial charge in [-0.25, -0.2) is 4.79 Å². The summed E-state index contributed by atoms with van der Waals surface area (Å²) in [5.41, 5.74) is 0. The predicted octanol–water partition coefficient (Wildman–Crippen LogP) is -1.89. The lowest BCUT2D eigenvalue weighted by Gasteiger charge is -2.38. The summed E-state index contributed by atoms with van der Waals surface area (Å²) in [6, 6.07) is -1.01. The van der Waals surface area contributed by atoms with Crippen molar-refractivity contribution in [2.45, 2.75) is 24.9 Å². The maximum atomic E-state index is 12.5. The molecule has 3 heterocycles. The number of hydrogen-bond donors (Lipinski definition) is 3. The molecule has 3 aliphatic heterocycles. The van der Waals surface area contributed by atoms with Crippen LogP contribution >= 0.6 is 0 Å². The van der Waals surface area contributed by atoms with Gasteiger partial charge < -0.3 is 30.5 Å². The summed E-state index contributed by atoms with van der Waals surface area (Å²) in [6.45, 7) is 4.39. The summed E-state index contributed by atoms with van der Waals surface area (Å²) in [6.07, 6.45) is 1.51. The molecule has 24 heavy (non-hydrogen) atoms. The Hall–Kier alpha value is -1.87. The normalized spacial score (nSPS) is 28.2. The van der Waals surface area contributed by atoms with Gasteiger partial charge in [-0.3, -0.25) is 9.59 Å². The van der Waals surface area contributed by atoms with E-state index in [9.17, 15) is 14.4 Å². The van der Waals surface area contributed by atoms with E-state index in [1.54, 1.807) is 9.80 Å². The van der Waals surface area contributed by atoms with Crippen LogP contribution in [0.25, 0.3) is 0 Å². The fourth-order valence-corrected chi connectivity index (χ4v) is 3.24. The number of piperazine rings is 1. The molecule has 0 radical (unpaired) electrons. The third-order valence-electron chi connectivity index (χ3n) is 4.65. The highest BCUT2D eigenvalue weighted by Gasteiger charge is 2.33. The summed E-state index contributed by atoms with van der Waals surface area (Å²) in [4.78, 5) is 40.2. The maximum Gasteiger partial charge on any atom is 0.320 e. The number of ether oxygens (including phenoxy) is 1. The van der Waals surface area contributed by atoms with Crippen LogP contribution in [0, 0.1) is 0 Å². The van der Waals surface area contributed by atoms with Gasteiger partial charge in [0.1, 0.15) is 12.1 Å². The lowest BCUT2D eigenvalue weighted by Crippen LogP contribution is -2.62. The Balaban J connectivity index is 1.53. The number of nitrogens with zero attached hydrogens (tertiary/aromatic N) is 2. The first-order chi connectivity index (χ1) is 11.6. The van der Waals surface area contributed by atoms with Crippen molar-refractivity contribution in [3.63, 3.8) is 0 Å². The van der Waals surface area contributed by atoms with Crippen LogP contribution in [-0.4, -0.2) is 92.2 Å². The molecule has 2 atom stereocenters. The predicted molar refractivity (Wildman–Crippen MR) is 85.3 cm³/mol. The van der Waals surface area contributed by atoms with Crippen LogP contribution in [0.3, 0.4) is 0 Å². The number of nitrogens with one attached hydrogen (secondary N) is 3. The average Bonchev–Trinajstić information content (AvgIpc) is 2.64. The summed E-state index contributed by atoms with van der Waals surface area (Å²) in [7, 11) is 0. The van der Waals surface area contributed by atoms with Crippen molar-refractivity contribution in [3.05, 3.63) is 0 Å². The Morgan fingerprint density at radius 2 is 1.92 bits per heavy atom. The minimum absolute atomic E-state index is 0.0481. The van der Waals surface area contributed by atoms with Crippen LogP contribution in [0.15, 0.2) is 0 Å². The highest BCUT2D eigenvalue weighted by molar-refractivity contribution is 5.90. The van der Waals surface area contributed by atoms with Gasteiger partial charge in [0.25, 0.3) is 0 Å². The van der Waals surface area contributed by atoms with Gasteiger partial charge in [-0.1, -0.05) is 0 Å². The SMILES string of the molecule is O=C1NCCC[C@@H]1NC(=O)[C@H]1CN(C(=O)N2CCOCC2)CCN1. The third kappa shape index (κ3) is 3.96. The molecule has 3 saturated heterocycles. The highest BCUT2D eigenvalue weighted by atomic mass is 16.5. The zero-order valence-electron chi connectivity index (χ0n) is 13.8. The van der Waals surface area contributed by atoms with Crippen molar-refractivity contribution in [1.29, 1.82) is 0 Å². The fourth-order valence-electron chi connectivity index (χ4n) is 3.24. The van der Waals surface area contributed by atoms with E-state index in [0.717, 1.165) is 6.42 Å². The molecule has 0 aliphatic carbocycles. The Labute approximate surface area is 141 Å². The second kappa shape index (κ2) is 7.80. The van der Waals surface area contributed by atoms with E-state index in [2.05, 4.69) is 16.0 Å². The molecule has 3 aliphatic rings. The molecule has 3 fully saturated rings. The van der Waals surface area contributed by atoms with E-state index >= 15 is 0 Å². The zero-order chi connectivity index (χ0) is 16.9. The minimum Gasteiger partial charge on any atom is -0.378 e. The number of hydrogen-bond acceptors (Lipinski definition) is 5. The van der Waals surface area contributed by atoms with Crippen molar-refractivity contribution >= 4 is 17.8 Å². The molecular formula is C15H25N5O4. The van der Waals surface area contributed by atoms with Gasteiger partial charge in [0.15, 0.2) is 0 Å². The van der Waals surface area contributed by atoms with Gasteiger partial charge in [0, 0.05) is 39.3 Å². The molecule has 3 N–H and O–H groups in total. The molecule has 0 bridgehead atoms. The Morgan fingerprint density at radius 1 is 1.12 bits per heavy atom. The maximum absolute atomic E-state index is 12.5. The summed E-state index contributed by atoms with van der Waals surface area (Å²) >= 11 is 0. The topological polar surface area (TPSA) is 103 Å². The van der Waals surface area contributed by atoms with Gasteiger partial charge in [0.2, 0.25) is 11.8 Å². The van der Waals surface area contributed by atoms with Gasteiger partial charge in [-0.15, -0.1) is 0 Å². The highest BCUT2D eigenvalue weighted by Crippen LogP contribution is 2.08. The number of carbonyl (C=O) groups is 3. The second-order valence-electron chi connectivity index (χ2n) is 6.33. The number of morpholine rings is 1. The van der Waals surface area contributed by atoms with Crippen LogP contribution in [0.5, 0.6) is 0 Å². The van der Waals surface area contributed by atoms with E-state index in [1.165, 1.54) is 0 Å². The van der Waals surface area contributed by atoms with E-state index in [1.807, 2.05) is 0 Å². The van der Waals surface area contributed by atoms with E-state index in [0.29, 0.717) is 58.9 Å². The fraction of sp³-hybridized carbons (Fsp3) is 0.800. The van der Waals surface area contributed by atoms with Gasteiger partial charge in [-0.2, -0.15) is 0 Å². The molecule has 9 heteroatoms. The first kappa shape index (κ1) is 17.0. The molecule has 0 aromatic heterocycles. The van der Waals surface area contributed by atoms with Crippen molar-refractivity contribution in [2.24, 2.45) is 0 Å². The number of carbonyl (C=O) groups excluding carboxylic acids is 3. The number of piperidine rings is 1. The molecule has 9 nitrogen and oxygen atoms in total. The Morgan fingerprint density at radius 3 is 2.67 bits per heavy atom. The molecule has 0 aromatic carbocycles. The van der Waals surface area contributed by atoms with Crippen LogP contribution in [0.2, 0.25) is 0 Å². The van der Waals surface area contributed by atoms with E-state index < -0.39 is 12.1 Å². The van der Waals surface area contributed by atoms with Gasteiger partial charge in [-0.05, 0) is 12.8 Å². The number of amides is 4. The lowest BCUT2D eigenvalue weighted by atomic mass is 10.1. The van der Waals surface area contributed by atoms with Gasteiger partial charge in [0.05, 0.1) is 13.2 Å². The van der Waals surface area contributed by atoms with Crippen LogP contribution < -0.4 is 16.0 Å².